The summed E-state index contributed by atoms with van der Waals surface area (Å²) in [5.74, 6) is 0.806. The number of hydrogen-bond acceptors (Lipinski definition) is 2. The molecule has 2 N–H and O–H groups in total. The van der Waals surface area contributed by atoms with Crippen LogP contribution in [0.1, 0.15) is 48.5 Å². The van der Waals surface area contributed by atoms with Crippen molar-refractivity contribution in [3.8, 4) is 5.75 Å². The number of amides is 2. The first-order chi connectivity index (χ1) is 14.6. The molecule has 1 aliphatic heterocycles. The quantitative estimate of drug-likeness (QED) is 0.590. The first-order valence-corrected chi connectivity index (χ1v) is 11.0. The predicted octanol–water partition coefficient (Wildman–Crippen LogP) is 5.43. The number of ether oxygens (including phenoxy) is 1. The van der Waals surface area contributed by atoms with E-state index in [1.807, 2.05) is 47.4 Å². The minimum Gasteiger partial charge on any atom is -0.497 e. The Balaban J connectivity index is 1.57. The number of hydrogen-bond donors (Lipinski definition) is 2. The van der Waals surface area contributed by atoms with Gasteiger partial charge in [-0.1, -0.05) is 36.6 Å². The maximum atomic E-state index is 13.3. The average molecular weight is 424 g/mol. The molecule has 1 saturated carbocycles. The van der Waals surface area contributed by atoms with E-state index in [-0.39, 0.29) is 18.1 Å². The lowest BCUT2D eigenvalue weighted by Gasteiger charge is -2.37. The van der Waals surface area contributed by atoms with Gasteiger partial charge in [0.1, 0.15) is 5.75 Å². The SMILES string of the molecule is COc1ccc([C@@H]2c3[nH]c4ccc(Cl)cc4c3CCN2C(=O)NC2CCCC2)cc1. The molecule has 5 nitrogen and oxygen atoms in total. The van der Waals surface area contributed by atoms with Gasteiger partial charge < -0.3 is 19.9 Å². The van der Waals surface area contributed by atoms with Gasteiger partial charge >= 0.3 is 6.03 Å². The van der Waals surface area contributed by atoms with Crippen LogP contribution in [0.5, 0.6) is 5.75 Å². The molecule has 5 rings (SSSR count). The highest BCUT2D eigenvalue weighted by Gasteiger charge is 2.35. The molecule has 0 bridgehead atoms. The number of nitrogens with one attached hydrogen (secondary N) is 2. The Hall–Kier alpha value is -2.66. The Morgan fingerprint density at radius 1 is 1.17 bits per heavy atom. The number of aromatic amines is 1. The number of carbonyl (C=O) groups is 1. The Morgan fingerprint density at radius 2 is 1.93 bits per heavy atom. The fourth-order valence-corrected chi connectivity index (χ4v) is 5.11. The lowest BCUT2D eigenvalue weighted by Crippen LogP contribution is -2.48. The third-order valence-corrected chi connectivity index (χ3v) is 6.70. The minimum absolute atomic E-state index is 0.0186. The van der Waals surface area contributed by atoms with E-state index in [9.17, 15) is 4.79 Å². The summed E-state index contributed by atoms with van der Waals surface area (Å²) in [6.45, 7) is 0.668. The van der Waals surface area contributed by atoms with E-state index in [0.717, 1.165) is 52.2 Å². The van der Waals surface area contributed by atoms with E-state index in [1.165, 1.54) is 18.4 Å². The van der Waals surface area contributed by atoms with Gasteiger partial charge in [0.2, 0.25) is 0 Å². The van der Waals surface area contributed by atoms with Crippen molar-refractivity contribution in [2.45, 2.75) is 44.2 Å². The maximum absolute atomic E-state index is 13.3. The van der Waals surface area contributed by atoms with Crippen molar-refractivity contribution in [1.82, 2.24) is 15.2 Å². The summed E-state index contributed by atoms with van der Waals surface area (Å²) < 4.78 is 5.33. The number of nitrogens with zero attached hydrogens (tertiary/aromatic N) is 1. The molecule has 1 aromatic heterocycles. The van der Waals surface area contributed by atoms with Crippen LogP contribution in [-0.4, -0.2) is 35.6 Å². The van der Waals surface area contributed by atoms with Crippen molar-refractivity contribution in [3.63, 3.8) is 0 Å². The van der Waals surface area contributed by atoms with Crippen LogP contribution in [-0.2, 0) is 6.42 Å². The summed E-state index contributed by atoms with van der Waals surface area (Å²) in [5, 5.41) is 5.15. The van der Waals surface area contributed by atoms with Gasteiger partial charge in [-0.2, -0.15) is 0 Å². The molecular formula is C24H26ClN3O2. The van der Waals surface area contributed by atoms with Crippen molar-refractivity contribution in [1.29, 1.82) is 0 Å². The summed E-state index contributed by atoms with van der Waals surface area (Å²) >= 11 is 6.28. The van der Waals surface area contributed by atoms with Gasteiger partial charge in [-0.15, -0.1) is 0 Å². The highest BCUT2D eigenvalue weighted by Crippen LogP contribution is 2.39. The second-order valence-corrected chi connectivity index (χ2v) is 8.69. The highest BCUT2D eigenvalue weighted by molar-refractivity contribution is 6.31. The highest BCUT2D eigenvalue weighted by atomic mass is 35.5. The van der Waals surface area contributed by atoms with E-state index < -0.39 is 0 Å². The van der Waals surface area contributed by atoms with Crippen LogP contribution in [0.3, 0.4) is 0 Å². The molecule has 1 atom stereocenters. The van der Waals surface area contributed by atoms with E-state index >= 15 is 0 Å². The first kappa shape index (κ1) is 19.3. The molecular weight excluding hydrogens is 398 g/mol. The van der Waals surface area contributed by atoms with Crippen molar-refractivity contribution >= 4 is 28.5 Å². The zero-order valence-electron chi connectivity index (χ0n) is 17.1. The van der Waals surface area contributed by atoms with E-state index in [2.05, 4.69) is 10.3 Å². The van der Waals surface area contributed by atoms with Gasteiger partial charge in [-0.3, -0.25) is 0 Å². The molecule has 0 spiro atoms. The third kappa shape index (κ3) is 3.41. The number of methoxy groups -OCH3 is 1. The van der Waals surface area contributed by atoms with E-state index in [4.69, 9.17) is 16.3 Å². The molecule has 1 fully saturated rings. The lowest BCUT2D eigenvalue weighted by atomic mass is 9.92. The number of fused-ring (bicyclic) bond motifs is 3. The molecule has 2 amide bonds. The van der Waals surface area contributed by atoms with Gasteiger partial charge in [-0.25, -0.2) is 4.79 Å². The second kappa shape index (κ2) is 7.88. The van der Waals surface area contributed by atoms with Gasteiger partial charge in [0.05, 0.1) is 13.2 Å². The molecule has 0 saturated heterocycles. The number of H-pyrrole nitrogens is 1. The average Bonchev–Trinajstić information content (AvgIpc) is 3.40. The molecule has 0 radical (unpaired) electrons. The van der Waals surface area contributed by atoms with E-state index in [0.29, 0.717) is 6.54 Å². The van der Waals surface area contributed by atoms with Crippen LogP contribution in [0, 0.1) is 0 Å². The zero-order valence-corrected chi connectivity index (χ0v) is 17.8. The Morgan fingerprint density at radius 3 is 2.67 bits per heavy atom. The number of halogens is 1. The summed E-state index contributed by atoms with van der Waals surface area (Å²) in [7, 11) is 1.66. The molecule has 3 aromatic rings. The van der Waals surface area contributed by atoms with Crippen molar-refractivity contribution in [3.05, 3.63) is 64.3 Å². The molecule has 2 aromatic carbocycles. The monoisotopic (exact) mass is 423 g/mol. The molecule has 156 valence electrons. The van der Waals surface area contributed by atoms with Gasteiger partial charge in [0.25, 0.3) is 0 Å². The second-order valence-electron chi connectivity index (χ2n) is 8.26. The standard InChI is InChI=1S/C24H26ClN3O2/c1-30-18-9-6-15(7-10-18)23-22-19(20-14-16(25)8-11-21(20)27-22)12-13-28(23)24(29)26-17-4-2-3-5-17/h6-11,14,17,23,27H,2-5,12-13H2,1H3,(H,26,29)/t23-/m1/s1. The fourth-order valence-electron chi connectivity index (χ4n) is 4.94. The van der Waals surface area contributed by atoms with Gasteiger partial charge in [0, 0.05) is 34.2 Å². The van der Waals surface area contributed by atoms with Crippen molar-refractivity contribution in [2.24, 2.45) is 0 Å². The Kier molecular flexibility index (Phi) is 5.07. The normalized spacial score (nSPS) is 19.1. The number of urea groups is 1. The predicted molar refractivity (Wildman–Crippen MR) is 119 cm³/mol. The summed E-state index contributed by atoms with van der Waals surface area (Å²) in [6.07, 6.45) is 5.34. The lowest BCUT2D eigenvalue weighted by molar-refractivity contribution is 0.175. The molecule has 2 aliphatic rings. The van der Waals surface area contributed by atoms with Crippen LogP contribution in [0.25, 0.3) is 10.9 Å². The zero-order chi connectivity index (χ0) is 20.7. The topological polar surface area (TPSA) is 57.4 Å². The number of carbonyl (C=O) groups excluding carboxylic acids is 1. The van der Waals surface area contributed by atoms with Crippen molar-refractivity contribution < 1.29 is 9.53 Å². The molecule has 6 heteroatoms. The van der Waals surface area contributed by atoms with Crippen LogP contribution in [0.15, 0.2) is 42.5 Å². The van der Waals surface area contributed by atoms with Crippen LogP contribution >= 0.6 is 11.6 Å². The minimum atomic E-state index is -0.174. The Bertz CT molecular complexity index is 1070. The number of rotatable bonds is 3. The summed E-state index contributed by atoms with van der Waals surface area (Å²) in [5.41, 5.74) is 4.44. The fraction of sp³-hybridized carbons (Fsp3) is 0.375. The first-order valence-electron chi connectivity index (χ1n) is 10.6. The van der Waals surface area contributed by atoms with Crippen LogP contribution < -0.4 is 10.1 Å². The van der Waals surface area contributed by atoms with Crippen LogP contribution in [0.4, 0.5) is 4.79 Å². The van der Waals surface area contributed by atoms with E-state index in [1.54, 1.807) is 7.11 Å². The molecule has 30 heavy (non-hydrogen) atoms. The van der Waals surface area contributed by atoms with Crippen molar-refractivity contribution in [2.75, 3.05) is 13.7 Å². The largest absolute Gasteiger partial charge is 0.497 e. The molecule has 2 heterocycles. The molecule has 1 aliphatic carbocycles. The van der Waals surface area contributed by atoms with Gasteiger partial charge in [-0.05, 0) is 60.7 Å². The summed E-state index contributed by atoms with van der Waals surface area (Å²) in [4.78, 5) is 18.9. The van der Waals surface area contributed by atoms with Gasteiger partial charge in [0.15, 0.2) is 0 Å². The molecule has 0 unspecified atom stereocenters. The van der Waals surface area contributed by atoms with Crippen LogP contribution in [0.2, 0.25) is 5.02 Å². The number of aromatic nitrogens is 1. The number of benzene rings is 2. The maximum Gasteiger partial charge on any atom is 0.318 e. The third-order valence-electron chi connectivity index (χ3n) is 6.46. The Labute approximate surface area is 181 Å². The smallest absolute Gasteiger partial charge is 0.318 e. The summed E-state index contributed by atoms with van der Waals surface area (Å²) in [6, 6.07) is 14.1.